The van der Waals surface area contributed by atoms with E-state index in [1.54, 1.807) is 19.2 Å². The monoisotopic (exact) mass is 247 g/mol. The van der Waals surface area contributed by atoms with Crippen molar-refractivity contribution >= 4 is 5.82 Å². The van der Waals surface area contributed by atoms with Crippen molar-refractivity contribution in [2.45, 2.75) is 6.92 Å². The first-order chi connectivity index (χ1) is 8.67. The number of ether oxygens (including phenoxy) is 1. The first-order valence-electron chi connectivity index (χ1n) is 5.50. The maximum Gasteiger partial charge on any atom is 0.165 e. The van der Waals surface area contributed by atoms with Crippen LogP contribution in [-0.4, -0.2) is 24.1 Å². The van der Waals surface area contributed by atoms with Gasteiger partial charge in [-0.3, -0.25) is 0 Å². The molecule has 94 valence electrons. The first kappa shape index (κ1) is 12.3. The number of hydrogen-bond donors (Lipinski definition) is 1. The number of rotatable bonds is 3. The summed E-state index contributed by atoms with van der Waals surface area (Å²) in [7, 11) is 3.22. The van der Waals surface area contributed by atoms with Crippen molar-refractivity contribution in [2.24, 2.45) is 0 Å². The molecule has 0 amide bonds. The Labute approximate surface area is 105 Å². The largest absolute Gasteiger partial charge is 0.494 e. The molecule has 0 aliphatic heterocycles. The topological polar surface area (TPSA) is 47.0 Å². The smallest absolute Gasteiger partial charge is 0.165 e. The lowest BCUT2D eigenvalue weighted by molar-refractivity contribution is 0.386. The molecular formula is C13H14FN3O. The quantitative estimate of drug-likeness (QED) is 0.905. The Morgan fingerprint density at radius 1 is 1.28 bits per heavy atom. The van der Waals surface area contributed by atoms with Crippen LogP contribution in [0.2, 0.25) is 0 Å². The van der Waals surface area contributed by atoms with Gasteiger partial charge in [-0.15, -0.1) is 0 Å². The third kappa shape index (κ3) is 2.11. The average molecular weight is 247 g/mol. The minimum atomic E-state index is -0.404. The number of hydrogen-bond acceptors (Lipinski definition) is 4. The van der Waals surface area contributed by atoms with E-state index in [-0.39, 0.29) is 5.75 Å². The van der Waals surface area contributed by atoms with E-state index in [9.17, 15) is 4.39 Å². The molecule has 0 saturated heterocycles. The van der Waals surface area contributed by atoms with Gasteiger partial charge in [0.15, 0.2) is 11.6 Å². The van der Waals surface area contributed by atoms with Crippen LogP contribution in [0, 0.1) is 12.7 Å². The second-order valence-electron chi connectivity index (χ2n) is 3.80. The Bertz CT molecular complexity index is 572. The molecule has 0 aliphatic carbocycles. The highest BCUT2D eigenvalue weighted by Gasteiger charge is 2.10. The number of methoxy groups -OCH3 is 1. The van der Waals surface area contributed by atoms with Crippen LogP contribution in [0.15, 0.2) is 24.5 Å². The summed E-state index contributed by atoms with van der Waals surface area (Å²) in [6, 6.07) is 4.77. The molecule has 1 aromatic heterocycles. The molecular weight excluding hydrogens is 233 g/mol. The van der Waals surface area contributed by atoms with Gasteiger partial charge in [0.25, 0.3) is 0 Å². The molecule has 0 aliphatic rings. The maximum absolute atomic E-state index is 13.7. The molecule has 2 aromatic rings. The van der Waals surface area contributed by atoms with Crippen molar-refractivity contribution in [3.63, 3.8) is 0 Å². The van der Waals surface area contributed by atoms with E-state index in [0.717, 1.165) is 11.4 Å². The van der Waals surface area contributed by atoms with Crippen molar-refractivity contribution in [3.8, 4) is 17.0 Å². The predicted octanol–water partition coefficient (Wildman–Crippen LogP) is 2.64. The van der Waals surface area contributed by atoms with Crippen LogP contribution in [0.25, 0.3) is 11.3 Å². The molecule has 4 nitrogen and oxygen atoms in total. The number of benzene rings is 1. The molecule has 5 heteroatoms. The highest BCUT2D eigenvalue weighted by molar-refractivity contribution is 5.68. The molecule has 1 aromatic carbocycles. The standard InChI is InChI=1S/C13H14FN3O/c1-8-12(16-7-17-13(8)15-2)9-4-5-11(18-3)10(14)6-9/h4-7H,1-3H3,(H,15,16,17). The van der Waals surface area contributed by atoms with E-state index in [4.69, 9.17) is 4.74 Å². The van der Waals surface area contributed by atoms with E-state index in [2.05, 4.69) is 15.3 Å². The zero-order chi connectivity index (χ0) is 13.1. The lowest BCUT2D eigenvalue weighted by Gasteiger charge is -2.10. The molecule has 1 N–H and O–H groups in total. The van der Waals surface area contributed by atoms with Gasteiger partial charge in [0.05, 0.1) is 12.8 Å². The Hall–Kier alpha value is -2.17. The fraction of sp³-hybridized carbons (Fsp3) is 0.231. The highest BCUT2D eigenvalue weighted by Crippen LogP contribution is 2.28. The Morgan fingerprint density at radius 2 is 2.06 bits per heavy atom. The normalized spacial score (nSPS) is 10.2. The van der Waals surface area contributed by atoms with Crippen molar-refractivity contribution < 1.29 is 9.13 Å². The summed E-state index contributed by atoms with van der Waals surface area (Å²) in [4.78, 5) is 8.29. The van der Waals surface area contributed by atoms with Gasteiger partial charge in [-0.05, 0) is 25.1 Å². The van der Waals surface area contributed by atoms with Gasteiger partial charge in [-0.25, -0.2) is 14.4 Å². The fourth-order valence-electron chi connectivity index (χ4n) is 1.81. The van der Waals surface area contributed by atoms with Crippen molar-refractivity contribution in [3.05, 3.63) is 35.9 Å². The summed E-state index contributed by atoms with van der Waals surface area (Å²) in [5, 5.41) is 2.97. The lowest BCUT2D eigenvalue weighted by Crippen LogP contribution is -1.99. The van der Waals surface area contributed by atoms with Crippen LogP contribution in [0.4, 0.5) is 10.2 Å². The molecule has 0 unspecified atom stereocenters. The van der Waals surface area contributed by atoms with Crippen LogP contribution in [-0.2, 0) is 0 Å². The van der Waals surface area contributed by atoms with Crippen LogP contribution >= 0.6 is 0 Å². The van der Waals surface area contributed by atoms with E-state index in [1.165, 1.54) is 19.5 Å². The van der Waals surface area contributed by atoms with Gasteiger partial charge in [0.2, 0.25) is 0 Å². The van der Waals surface area contributed by atoms with Crippen LogP contribution < -0.4 is 10.1 Å². The van der Waals surface area contributed by atoms with Gasteiger partial charge >= 0.3 is 0 Å². The molecule has 0 fully saturated rings. The number of anilines is 1. The zero-order valence-corrected chi connectivity index (χ0v) is 10.5. The number of halogens is 1. The Kier molecular flexibility index (Phi) is 3.41. The predicted molar refractivity (Wildman–Crippen MR) is 68.3 cm³/mol. The highest BCUT2D eigenvalue weighted by atomic mass is 19.1. The minimum Gasteiger partial charge on any atom is -0.494 e. The molecule has 1 heterocycles. The Morgan fingerprint density at radius 3 is 2.67 bits per heavy atom. The molecule has 0 radical (unpaired) electrons. The molecule has 18 heavy (non-hydrogen) atoms. The van der Waals surface area contributed by atoms with Gasteiger partial charge in [-0.2, -0.15) is 0 Å². The van der Waals surface area contributed by atoms with Crippen LogP contribution in [0.1, 0.15) is 5.56 Å². The van der Waals surface area contributed by atoms with E-state index in [0.29, 0.717) is 11.3 Å². The second-order valence-corrected chi connectivity index (χ2v) is 3.80. The number of nitrogens with zero attached hydrogens (tertiary/aromatic N) is 2. The van der Waals surface area contributed by atoms with Gasteiger partial charge in [-0.1, -0.05) is 0 Å². The van der Waals surface area contributed by atoms with Gasteiger partial charge in [0, 0.05) is 18.2 Å². The SMILES string of the molecule is CNc1ncnc(-c2ccc(OC)c(F)c2)c1C. The van der Waals surface area contributed by atoms with Crippen LogP contribution in [0.5, 0.6) is 5.75 Å². The van der Waals surface area contributed by atoms with Crippen molar-refractivity contribution in [2.75, 3.05) is 19.5 Å². The third-order valence-electron chi connectivity index (χ3n) is 2.75. The zero-order valence-electron chi connectivity index (χ0n) is 10.5. The fourth-order valence-corrected chi connectivity index (χ4v) is 1.81. The summed E-state index contributed by atoms with van der Waals surface area (Å²) < 4.78 is 18.6. The molecule has 0 bridgehead atoms. The molecule has 0 saturated carbocycles. The van der Waals surface area contributed by atoms with E-state index in [1.807, 2.05) is 6.92 Å². The Balaban J connectivity index is 2.52. The van der Waals surface area contributed by atoms with E-state index >= 15 is 0 Å². The number of aromatic nitrogens is 2. The lowest BCUT2D eigenvalue weighted by atomic mass is 10.1. The summed E-state index contributed by atoms with van der Waals surface area (Å²) in [6.45, 7) is 1.89. The average Bonchev–Trinajstić information content (AvgIpc) is 2.39. The maximum atomic E-state index is 13.7. The van der Waals surface area contributed by atoms with Crippen molar-refractivity contribution in [1.82, 2.24) is 9.97 Å². The number of nitrogens with one attached hydrogen (secondary N) is 1. The summed E-state index contributed by atoms with van der Waals surface area (Å²) in [6.07, 6.45) is 1.45. The summed E-state index contributed by atoms with van der Waals surface area (Å²) in [5.74, 6) is 0.551. The molecule has 0 atom stereocenters. The van der Waals surface area contributed by atoms with E-state index < -0.39 is 5.82 Å². The van der Waals surface area contributed by atoms with Gasteiger partial charge < -0.3 is 10.1 Å². The summed E-state index contributed by atoms with van der Waals surface area (Å²) in [5.41, 5.74) is 2.28. The third-order valence-corrected chi connectivity index (χ3v) is 2.75. The molecule has 2 rings (SSSR count). The van der Waals surface area contributed by atoms with Gasteiger partial charge in [0.1, 0.15) is 12.1 Å². The van der Waals surface area contributed by atoms with Crippen molar-refractivity contribution in [1.29, 1.82) is 0 Å². The summed E-state index contributed by atoms with van der Waals surface area (Å²) >= 11 is 0. The first-order valence-corrected chi connectivity index (χ1v) is 5.50. The van der Waals surface area contributed by atoms with Crippen LogP contribution in [0.3, 0.4) is 0 Å². The second kappa shape index (κ2) is 5.00. The minimum absolute atomic E-state index is 0.222. The molecule has 0 spiro atoms.